The van der Waals surface area contributed by atoms with Crippen molar-refractivity contribution in [1.82, 2.24) is 0 Å². The van der Waals surface area contributed by atoms with Gasteiger partial charge in [-0.3, -0.25) is 9.35 Å². The molecule has 0 aromatic rings. The van der Waals surface area contributed by atoms with Crippen LogP contribution in [0.15, 0.2) is 0 Å². The van der Waals surface area contributed by atoms with E-state index in [1.165, 1.54) is 25.7 Å². The number of carbonyl (C=O) groups excluding carboxylic acids is 1. The van der Waals surface area contributed by atoms with E-state index in [9.17, 15) is 13.2 Å². The molecule has 0 amide bonds. The van der Waals surface area contributed by atoms with Gasteiger partial charge in [0.25, 0.3) is 10.1 Å². The third-order valence-corrected chi connectivity index (χ3v) is 4.38. The normalized spacial score (nSPS) is 12.5. The molecule has 21 heavy (non-hydrogen) atoms. The molecule has 0 saturated heterocycles. The van der Waals surface area contributed by atoms with Gasteiger partial charge in [-0.15, -0.1) is 0 Å². The van der Waals surface area contributed by atoms with Gasteiger partial charge in [0.2, 0.25) is 0 Å². The molecule has 0 fully saturated rings. The summed E-state index contributed by atoms with van der Waals surface area (Å²) in [6.07, 6.45) is 8.70. The van der Waals surface area contributed by atoms with E-state index in [-0.39, 0.29) is 42.6 Å². The zero-order chi connectivity index (χ0) is 15.4. The molecule has 1 N–H and O–H groups in total. The first-order valence-electron chi connectivity index (χ1n) is 7.56. The first-order chi connectivity index (χ1) is 9.43. The van der Waals surface area contributed by atoms with Crippen LogP contribution in [0.5, 0.6) is 0 Å². The first kappa shape index (κ1) is 23.6. The van der Waals surface area contributed by atoms with Crippen LogP contribution >= 0.6 is 0 Å². The molecule has 122 valence electrons. The van der Waals surface area contributed by atoms with Crippen LogP contribution in [0.1, 0.15) is 71.6 Å². The van der Waals surface area contributed by atoms with Gasteiger partial charge in [0.1, 0.15) is 0 Å². The van der Waals surface area contributed by atoms with E-state index in [1.807, 2.05) is 0 Å². The van der Waals surface area contributed by atoms with Crippen molar-refractivity contribution in [3.8, 4) is 0 Å². The molecule has 0 heterocycles. The molecule has 7 heteroatoms. The van der Waals surface area contributed by atoms with Gasteiger partial charge < -0.3 is 4.74 Å². The third-order valence-electron chi connectivity index (χ3n) is 3.23. The zero-order valence-electron chi connectivity index (χ0n) is 12.6. The van der Waals surface area contributed by atoms with Gasteiger partial charge >= 0.3 is 35.5 Å². The predicted molar refractivity (Wildman–Crippen MR) is 86.3 cm³/mol. The second kappa shape index (κ2) is 14.0. The van der Waals surface area contributed by atoms with Gasteiger partial charge in [-0.1, -0.05) is 58.3 Å². The van der Waals surface area contributed by atoms with E-state index in [0.29, 0.717) is 6.42 Å². The maximum atomic E-state index is 11.5. The molecule has 0 spiro atoms. The molecule has 0 rings (SSSR count). The summed E-state index contributed by atoms with van der Waals surface area (Å²) >= 11 is 0. The average Bonchev–Trinajstić information content (AvgIpc) is 2.35. The fourth-order valence-electron chi connectivity index (χ4n) is 2.09. The first-order valence-corrected chi connectivity index (χ1v) is 9.06. The summed E-state index contributed by atoms with van der Waals surface area (Å²) in [6.45, 7) is 3.89. The van der Waals surface area contributed by atoms with Gasteiger partial charge in [0.05, 0.1) is 6.61 Å². The van der Waals surface area contributed by atoms with Crippen molar-refractivity contribution in [2.75, 3.05) is 6.61 Å². The number of ether oxygens (including phenoxy) is 1. The van der Waals surface area contributed by atoms with Gasteiger partial charge in [-0.05, 0) is 13.3 Å². The van der Waals surface area contributed by atoms with Gasteiger partial charge in [0.15, 0.2) is 5.25 Å². The Morgan fingerprint density at radius 1 is 1.00 bits per heavy atom. The minimum absolute atomic E-state index is 0. The Hall–Kier alpha value is 0.380. The van der Waals surface area contributed by atoms with Crippen molar-refractivity contribution in [3.63, 3.8) is 0 Å². The molecule has 1 atom stereocenters. The predicted octanol–water partition coefficient (Wildman–Crippen LogP) is 2.69. The van der Waals surface area contributed by atoms with Crippen LogP contribution in [0, 0.1) is 0 Å². The van der Waals surface area contributed by atoms with Gasteiger partial charge in [-0.25, -0.2) is 0 Å². The monoisotopic (exact) mass is 332 g/mol. The van der Waals surface area contributed by atoms with Crippen LogP contribution in [0.2, 0.25) is 0 Å². The Bertz CT molecular complexity index is 356. The van der Waals surface area contributed by atoms with Crippen LogP contribution < -0.4 is 0 Å². The number of hydrogen-bond donors (Lipinski definition) is 1. The molecule has 0 radical (unpaired) electrons. The maximum absolute atomic E-state index is 11.5. The molecular weight excluding hydrogens is 303 g/mol. The zero-order valence-corrected chi connectivity index (χ0v) is 13.5. The van der Waals surface area contributed by atoms with Crippen LogP contribution in [-0.4, -0.2) is 60.4 Å². The summed E-state index contributed by atoms with van der Waals surface area (Å²) in [5.41, 5.74) is 0. The van der Waals surface area contributed by atoms with Crippen LogP contribution in [-0.2, 0) is 19.6 Å². The minimum atomic E-state index is -4.37. The Morgan fingerprint density at radius 3 is 1.90 bits per heavy atom. The SMILES string of the molecule is CCCCCCCCCCC(C(=O)OCC)S(=O)(=O)O.[NaH]. The van der Waals surface area contributed by atoms with Crippen molar-refractivity contribution in [2.24, 2.45) is 0 Å². The second-order valence-electron chi connectivity index (χ2n) is 5.02. The number of hydrogen-bond acceptors (Lipinski definition) is 4. The molecular formula is C14H29NaO5S. The summed E-state index contributed by atoms with van der Waals surface area (Å²) in [4.78, 5) is 11.5. The fraction of sp³-hybridized carbons (Fsp3) is 0.929. The van der Waals surface area contributed by atoms with E-state index in [0.717, 1.165) is 19.3 Å². The van der Waals surface area contributed by atoms with Crippen molar-refractivity contribution in [2.45, 2.75) is 76.9 Å². The molecule has 0 aromatic carbocycles. The van der Waals surface area contributed by atoms with E-state index in [2.05, 4.69) is 11.7 Å². The molecule has 0 aliphatic rings. The number of esters is 1. The summed E-state index contributed by atoms with van der Waals surface area (Å²) in [7, 11) is -4.37. The van der Waals surface area contributed by atoms with Gasteiger partial charge in [0, 0.05) is 0 Å². The average molecular weight is 332 g/mol. The van der Waals surface area contributed by atoms with Crippen LogP contribution in [0.4, 0.5) is 0 Å². The third kappa shape index (κ3) is 12.6. The Morgan fingerprint density at radius 2 is 1.48 bits per heavy atom. The molecule has 0 aliphatic carbocycles. The van der Waals surface area contributed by atoms with Gasteiger partial charge in [-0.2, -0.15) is 8.42 Å². The molecule has 0 aromatic heterocycles. The Kier molecular flexibility index (Phi) is 15.8. The topological polar surface area (TPSA) is 80.7 Å². The summed E-state index contributed by atoms with van der Waals surface area (Å²) in [6, 6.07) is 0. The van der Waals surface area contributed by atoms with E-state index >= 15 is 0 Å². The Balaban J connectivity index is 0. The molecule has 1 unspecified atom stereocenters. The fourth-order valence-corrected chi connectivity index (χ4v) is 2.86. The van der Waals surface area contributed by atoms with Crippen LogP contribution in [0.3, 0.4) is 0 Å². The van der Waals surface area contributed by atoms with Crippen molar-refractivity contribution in [3.05, 3.63) is 0 Å². The van der Waals surface area contributed by atoms with E-state index in [4.69, 9.17) is 4.55 Å². The summed E-state index contributed by atoms with van der Waals surface area (Å²) in [5.74, 6) is -0.849. The number of carbonyl (C=O) groups is 1. The van der Waals surface area contributed by atoms with Crippen LogP contribution in [0.25, 0.3) is 0 Å². The standard InChI is InChI=1S/C14H28O5S.Na.H/c1-3-5-6-7-8-9-10-11-12-13(20(16,17)18)14(15)19-4-2;;/h13H,3-12H2,1-2H3,(H,16,17,18);;. The van der Waals surface area contributed by atoms with Crippen molar-refractivity contribution < 1.29 is 22.5 Å². The molecule has 0 bridgehead atoms. The number of rotatable bonds is 12. The quantitative estimate of drug-likeness (QED) is 0.257. The second-order valence-corrected chi connectivity index (χ2v) is 6.62. The van der Waals surface area contributed by atoms with Crippen molar-refractivity contribution >= 4 is 45.6 Å². The van der Waals surface area contributed by atoms with E-state index < -0.39 is 21.3 Å². The molecule has 0 aliphatic heterocycles. The van der Waals surface area contributed by atoms with Crippen molar-refractivity contribution in [1.29, 1.82) is 0 Å². The Labute approximate surface area is 151 Å². The summed E-state index contributed by atoms with van der Waals surface area (Å²) < 4.78 is 36.0. The number of unbranched alkanes of at least 4 members (excludes halogenated alkanes) is 7. The molecule has 0 saturated carbocycles. The molecule has 5 nitrogen and oxygen atoms in total. The van der Waals surface area contributed by atoms with E-state index in [1.54, 1.807) is 6.92 Å². The summed E-state index contributed by atoms with van der Waals surface area (Å²) in [5, 5.41) is -1.43.